The quantitative estimate of drug-likeness (QED) is 0.849. The van der Waals surface area contributed by atoms with Crippen LogP contribution in [-0.2, 0) is 6.61 Å². The van der Waals surface area contributed by atoms with E-state index < -0.39 is 0 Å². The molecular weight excluding hydrogens is 204 g/mol. The van der Waals surface area contributed by atoms with Gasteiger partial charge >= 0.3 is 0 Å². The average molecular weight is 222 g/mol. The van der Waals surface area contributed by atoms with E-state index in [1.807, 2.05) is 0 Å². The van der Waals surface area contributed by atoms with Crippen molar-refractivity contribution in [2.75, 3.05) is 0 Å². The van der Waals surface area contributed by atoms with Crippen molar-refractivity contribution in [2.24, 2.45) is 5.92 Å². The molecule has 2 atom stereocenters. The minimum absolute atomic E-state index is 0.0763. The van der Waals surface area contributed by atoms with Crippen LogP contribution in [-0.4, -0.2) is 21.4 Å². The third kappa shape index (κ3) is 2.70. The van der Waals surface area contributed by atoms with E-state index in [2.05, 4.69) is 17.1 Å². The van der Waals surface area contributed by atoms with Gasteiger partial charge in [-0.15, -0.1) is 10.2 Å². The summed E-state index contributed by atoms with van der Waals surface area (Å²) in [6.45, 7) is 2.15. The molecule has 1 N–H and O–H groups in total. The maximum absolute atomic E-state index is 8.85. The molecule has 4 heteroatoms. The smallest absolute Gasteiger partial charge is 0.233 e. The van der Waals surface area contributed by atoms with E-state index in [1.165, 1.54) is 19.3 Å². The number of hydrogen-bond donors (Lipinski definition) is 1. The molecule has 0 aromatic carbocycles. The molecule has 1 aliphatic carbocycles. The van der Waals surface area contributed by atoms with Gasteiger partial charge < -0.3 is 9.84 Å². The molecule has 1 heterocycles. The fourth-order valence-electron chi connectivity index (χ4n) is 2.11. The molecule has 1 aliphatic rings. The van der Waals surface area contributed by atoms with E-state index >= 15 is 0 Å². The van der Waals surface area contributed by atoms with Gasteiger partial charge in [0.05, 0.1) is 12.3 Å². The molecule has 0 radical (unpaired) electrons. The topological polar surface area (TPSA) is 55.2 Å². The van der Waals surface area contributed by atoms with Crippen molar-refractivity contribution in [1.82, 2.24) is 10.2 Å². The molecule has 0 bridgehead atoms. The Morgan fingerprint density at radius 2 is 2.12 bits per heavy atom. The minimum atomic E-state index is -0.0763. The Labute approximate surface area is 95.7 Å². The summed E-state index contributed by atoms with van der Waals surface area (Å²) >= 11 is 0. The minimum Gasteiger partial charge on any atom is -0.473 e. The van der Waals surface area contributed by atoms with Crippen LogP contribution in [0.2, 0.25) is 0 Å². The van der Waals surface area contributed by atoms with Gasteiger partial charge in [0.15, 0.2) is 0 Å². The predicted octanol–water partition coefficient (Wildman–Crippen LogP) is 1.93. The lowest BCUT2D eigenvalue weighted by atomic mass is 9.88. The highest BCUT2D eigenvalue weighted by molar-refractivity contribution is 5.11. The Hall–Kier alpha value is -1.16. The summed E-state index contributed by atoms with van der Waals surface area (Å²) in [5.74, 6) is 1.16. The first-order chi connectivity index (χ1) is 7.79. The molecule has 1 fully saturated rings. The van der Waals surface area contributed by atoms with Crippen LogP contribution in [0.5, 0.6) is 5.88 Å². The van der Waals surface area contributed by atoms with Crippen molar-refractivity contribution >= 4 is 0 Å². The molecule has 88 valence electrons. The Balaban J connectivity index is 1.96. The molecular formula is C12H18N2O2. The van der Waals surface area contributed by atoms with Gasteiger partial charge in [0, 0.05) is 6.07 Å². The van der Waals surface area contributed by atoms with Gasteiger partial charge in [0.25, 0.3) is 0 Å². The van der Waals surface area contributed by atoms with E-state index in [4.69, 9.17) is 9.84 Å². The maximum atomic E-state index is 8.85. The average Bonchev–Trinajstić information content (AvgIpc) is 2.33. The van der Waals surface area contributed by atoms with Crippen LogP contribution in [0.4, 0.5) is 0 Å². The Morgan fingerprint density at radius 1 is 1.31 bits per heavy atom. The van der Waals surface area contributed by atoms with Crippen molar-refractivity contribution in [3.63, 3.8) is 0 Å². The first-order valence-electron chi connectivity index (χ1n) is 5.89. The van der Waals surface area contributed by atoms with Gasteiger partial charge in [-0.05, 0) is 31.2 Å². The monoisotopic (exact) mass is 222 g/mol. The summed E-state index contributed by atoms with van der Waals surface area (Å²) < 4.78 is 5.81. The lowest BCUT2D eigenvalue weighted by Gasteiger charge is -2.28. The summed E-state index contributed by atoms with van der Waals surface area (Å²) in [6, 6.07) is 3.52. The van der Waals surface area contributed by atoms with E-state index in [9.17, 15) is 0 Å². The molecule has 2 rings (SSSR count). The zero-order valence-electron chi connectivity index (χ0n) is 9.59. The van der Waals surface area contributed by atoms with Crippen LogP contribution in [0.3, 0.4) is 0 Å². The number of hydrogen-bond acceptors (Lipinski definition) is 4. The van der Waals surface area contributed by atoms with Crippen molar-refractivity contribution in [2.45, 2.75) is 45.3 Å². The largest absolute Gasteiger partial charge is 0.473 e. The number of rotatable bonds is 3. The normalized spacial score (nSPS) is 25.4. The molecule has 16 heavy (non-hydrogen) atoms. The van der Waals surface area contributed by atoms with Crippen molar-refractivity contribution < 1.29 is 9.84 Å². The van der Waals surface area contributed by atoms with Gasteiger partial charge in [-0.1, -0.05) is 13.3 Å². The molecule has 4 nitrogen and oxygen atoms in total. The Kier molecular flexibility index (Phi) is 3.72. The van der Waals surface area contributed by atoms with Gasteiger partial charge in [-0.25, -0.2) is 0 Å². The van der Waals surface area contributed by atoms with E-state index in [-0.39, 0.29) is 12.7 Å². The van der Waals surface area contributed by atoms with Crippen LogP contribution < -0.4 is 4.74 Å². The first-order valence-corrected chi connectivity index (χ1v) is 5.89. The molecule has 0 amide bonds. The molecule has 0 aliphatic heterocycles. The van der Waals surface area contributed by atoms with Crippen LogP contribution in [0.15, 0.2) is 12.1 Å². The van der Waals surface area contributed by atoms with E-state index in [0.29, 0.717) is 17.5 Å². The number of aromatic nitrogens is 2. The summed E-state index contributed by atoms with van der Waals surface area (Å²) in [5, 5.41) is 16.7. The number of aliphatic hydroxyl groups excluding tert-OH is 1. The van der Waals surface area contributed by atoms with Crippen LogP contribution in [0.25, 0.3) is 0 Å². The summed E-state index contributed by atoms with van der Waals surface area (Å²) in [5.41, 5.74) is 0.573. The highest BCUT2D eigenvalue weighted by atomic mass is 16.5. The maximum Gasteiger partial charge on any atom is 0.233 e. The van der Waals surface area contributed by atoms with Crippen molar-refractivity contribution in [3.05, 3.63) is 17.8 Å². The third-order valence-electron chi connectivity index (χ3n) is 3.16. The summed E-state index contributed by atoms with van der Waals surface area (Å²) in [6.07, 6.45) is 5.13. The molecule has 1 aromatic heterocycles. The Morgan fingerprint density at radius 3 is 2.75 bits per heavy atom. The Bertz CT molecular complexity index is 326. The number of nitrogens with zero attached hydrogens (tertiary/aromatic N) is 2. The van der Waals surface area contributed by atoms with Crippen LogP contribution >= 0.6 is 0 Å². The second kappa shape index (κ2) is 5.25. The van der Waals surface area contributed by atoms with E-state index in [1.54, 1.807) is 12.1 Å². The SMILES string of the molecule is CC1CCCCC1Oc1ccc(CO)nn1. The third-order valence-corrected chi connectivity index (χ3v) is 3.16. The number of ether oxygens (including phenoxy) is 1. The second-order valence-corrected chi connectivity index (χ2v) is 4.44. The zero-order chi connectivity index (χ0) is 11.4. The fourth-order valence-corrected chi connectivity index (χ4v) is 2.11. The predicted molar refractivity (Wildman–Crippen MR) is 60.0 cm³/mol. The molecule has 0 spiro atoms. The summed E-state index contributed by atoms with van der Waals surface area (Å²) in [4.78, 5) is 0. The molecule has 1 saturated carbocycles. The van der Waals surface area contributed by atoms with Crippen LogP contribution in [0.1, 0.15) is 38.3 Å². The molecule has 0 saturated heterocycles. The molecule has 1 aromatic rings. The van der Waals surface area contributed by atoms with Gasteiger partial charge in [0.2, 0.25) is 5.88 Å². The molecule has 2 unspecified atom stereocenters. The lowest BCUT2D eigenvalue weighted by molar-refractivity contribution is 0.0962. The zero-order valence-corrected chi connectivity index (χ0v) is 9.59. The second-order valence-electron chi connectivity index (χ2n) is 4.44. The highest BCUT2D eigenvalue weighted by Gasteiger charge is 2.23. The highest BCUT2D eigenvalue weighted by Crippen LogP contribution is 2.27. The van der Waals surface area contributed by atoms with Gasteiger partial charge in [-0.3, -0.25) is 0 Å². The first kappa shape index (κ1) is 11.3. The van der Waals surface area contributed by atoms with Crippen molar-refractivity contribution in [3.8, 4) is 5.88 Å². The van der Waals surface area contributed by atoms with Gasteiger partial charge in [-0.2, -0.15) is 0 Å². The van der Waals surface area contributed by atoms with Crippen molar-refractivity contribution in [1.29, 1.82) is 0 Å². The van der Waals surface area contributed by atoms with Gasteiger partial charge in [0.1, 0.15) is 6.10 Å². The standard InChI is InChI=1S/C12H18N2O2/c1-9-4-2-3-5-11(9)16-12-7-6-10(8-15)13-14-12/h6-7,9,11,15H,2-5,8H2,1H3. The van der Waals surface area contributed by atoms with Crippen LogP contribution in [0, 0.1) is 5.92 Å². The van der Waals surface area contributed by atoms with E-state index in [0.717, 1.165) is 6.42 Å². The lowest BCUT2D eigenvalue weighted by Crippen LogP contribution is -2.28. The fraction of sp³-hybridized carbons (Fsp3) is 0.667. The summed E-state index contributed by atoms with van der Waals surface area (Å²) in [7, 11) is 0. The number of aliphatic hydroxyl groups is 1.